The van der Waals surface area contributed by atoms with Crippen LogP contribution in [0.4, 0.5) is 5.82 Å². The van der Waals surface area contributed by atoms with E-state index < -0.39 is 6.10 Å². The number of hydrogen-bond donors (Lipinski definition) is 1. The number of carbonyl (C=O) groups excluding carboxylic acids is 1. The van der Waals surface area contributed by atoms with Crippen molar-refractivity contribution >= 4 is 11.7 Å². The maximum Gasteiger partial charge on any atom is 0.266 e. The first-order chi connectivity index (χ1) is 9.15. The van der Waals surface area contributed by atoms with E-state index in [0.29, 0.717) is 11.6 Å². The molecule has 4 nitrogen and oxygen atoms in total. The average Bonchev–Trinajstić information content (AvgIpc) is 2.40. The summed E-state index contributed by atoms with van der Waals surface area (Å²) in [7, 11) is 0. The van der Waals surface area contributed by atoms with Crippen molar-refractivity contribution in [3.8, 4) is 5.75 Å². The molecule has 1 aromatic heterocycles. The molecule has 1 N–H and O–H groups in total. The van der Waals surface area contributed by atoms with Gasteiger partial charge in [0, 0.05) is 6.20 Å². The monoisotopic (exact) mass is 256 g/mol. The lowest BCUT2D eigenvalue weighted by molar-refractivity contribution is -0.122. The fourth-order valence-electron chi connectivity index (χ4n) is 1.59. The number of nitrogens with zero attached hydrogens (tertiary/aromatic N) is 1. The molecule has 0 saturated carbocycles. The molecule has 98 valence electrons. The van der Waals surface area contributed by atoms with Crippen molar-refractivity contribution in [1.82, 2.24) is 4.98 Å². The first-order valence-electron chi connectivity index (χ1n) is 6.10. The van der Waals surface area contributed by atoms with Crippen LogP contribution in [0, 0.1) is 6.92 Å². The van der Waals surface area contributed by atoms with Crippen LogP contribution < -0.4 is 10.1 Å². The van der Waals surface area contributed by atoms with E-state index >= 15 is 0 Å². The average molecular weight is 256 g/mol. The third-order valence-electron chi connectivity index (χ3n) is 2.59. The lowest BCUT2D eigenvalue weighted by atomic mass is 10.3. The Hall–Kier alpha value is -2.36. The molecule has 0 aliphatic heterocycles. The highest BCUT2D eigenvalue weighted by Gasteiger charge is 2.15. The third kappa shape index (κ3) is 3.81. The fraction of sp³-hybridized carbons (Fsp3) is 0.200. The van der Waals surface area contributed by atoms with Crippen LogP contribution in [-0.2, 0) is 4.79 Å². The van der Waals surface area contributed by atoms with Gasteiger partial charge in [-0.2, -0.15) is 0 Å². The van der Waals surface area contributed by atoms with Crippen molar-refractivity contribution in [1.29, 1.82) is 0 Å². The van der Waals surface area contributed by atoms with Gasteiger partial charge in [0.25, 0.3) is 5.91 Å². The predicted molar refractivity (Wildman–Crippen MR) is 74.1 cm³/mol. The predicted octanol–water partition coefficient (Wildman–Crippen LogP) is 2.80. The van der Waals surface area contributed by atoms with E-state index in [2.05, 4.69) is 10.3 Å². The molecule has 2 rings (SSSR count). The minimum absolute atomic E-state index is 0.220. The van der Waals surface area contributed by atoms with E-state index in [4.69, 9.17) is 4.74 Å². The zero-order valence-corrected chi connectivity index (χ0v) is 11.0. The second-order valence-electron chi connectivity index (χ2n) is 4.28. The maximum atomic E-state index is 12.0. The van der Waals surface area contributed by atoms with Gasteiger partial charge >= 0.3 is 0 Å². The van der Waals surface area contributed by atoms with Gasteiger partial charge in [-0.05, 0) is 43.7 Å². The van der Waals surface area contributed by atoms with Gasteiger partial charge in [-0.25, -0.2) is 4.98 Å². The molecular formula is C15H16N2O2. The number of pyridine rings is 1. The second-order valence-corrected chi connectivity index (χ2v) is 4.28. The number of carbonyl (C=O) groups is 1. The van der Waals surface area contributed by atoms with Gasteiger partial charge in [0.05, 0.1) is 0 Å². The summed E-state index contributed by atoms with van der Waals surface area (Å²) in [4.78, 5) is 16.0. The van der Waals surface area contributed by atoms with Crippen LogP contribution in [0.15, 0.2) is 48.7 Å². The number of amides is 1. The lowest BCUT2D eigenvalue weighted by Gasteiger charge is -2.14. The van der Waals surface area contributed by atoms with Gasteiger partial charge in [-0.15, -0.1) is 0 Å². The van der Waals surface area contributed by atoms with E-state index in [9.17, 15) is 4.79 Å². The van der Waals surface area contributed by atoms with Gasteiger partial charge in [0.15, 0.2) is 6.10 Å². The van der Waals surface area contributed by atoms with E-state index in [-0.39, 0.29) is 5.91 Å². The Morgan fingerprint density at radius 1 is 1.26 bits per heavy atom. The molecule has 1 heterocycles. The first kappa shape index (κ1) is 13.1. The number of rotatable bonds is 4. The Morgan fingerprint density at radius 2 is 2.00 bits per heavy atom. The van der Waals surface area contributed by atoms with Crippen molar-refractivity contribution in [2.24, 2.45) is 0 Å². The highest BCUT2D eigenvalue weighted by atomic mass is 16.5. The molecule has 0 spiro atoms. The Bertz CT molecular complexity index is 555. The van der Waals surface area contributed by atoms with Crippen LogP contribution >= 0.6 is 0 Å². The number of aryl methyl sites for hydroxylation is 1. The quantitative estimate of drug-likeness (QED) is 0.915. The van der Waals surface area contributed by atoms with Crippen molar-refractivity contribution in [3.05, 3.63) is 54.2 Å². The smallest absolute Gasteiger partial charge is 0.266 e. The summed E-state index contributed by atoms with van der Waals surface area (Å²) in [6, 6.07) is 12.9. The van der Waals surface area contributed by atoms with Crippen LogP contribution in [0.25, 0.3) is 0 Å². The topological polar surface area (TPSA) is 51.2 Å². The fourth-order valence-corrected chi connectivity index (χ4v) is 1.59. The minimum Gasteiger partial charge on any atom is -0.481 e. The molecule has 0 aliphatic carbocycles. The number of aromatic nitrogens is 1. The lowest BCUT2D eigenvalue weighted by Crippen LogP contribution is -2.30. The van der Waals surface area contributed by atoms with Gasteiger partial charge < -0.3 is 10.1 Å². The normalized spacial score (nSPS) is 11.7. The zero-order chi connectivity index (χ0) is 13.7. The van der Waals surface area contributed by atoms with E-state index in [1.54, 1.807) is 13.1 Å². The molecule has 0 radical (unpaired) electrons. The first-order valence-corrected chi connectivity index (χ1v) is 6.10. The standard InChI is InChI=1S/C15H16N2O2/c1-11-8-9-16-14(10-11)17-15(18)12(2)19-13-6-4-3-5-7-13/h3-10,12H,1-2H3,(H,16,17,18)/t12-/m1/s1. The van der Waals surface area contributed by atoms with Crippen molar-refractivity contribution in [2.75, 3.05) is 5.32 Å². The molecule has 1 atom stereocenters. The molecule has 1 amide bonds. The van der Waals surface area contributed by atoms with E-state index in [0.717, 1.165) is 5.56 Å². The number of hydrogen-bond acceptors (Lipinski definition) is 3. The molecule has 19 heavy (non-hydrogen) atoms. The van der Waals surface area contributed by atoms with Crippen LogP contribution in [0.5, 0.6) is 5.75 Å². The summed E-state index contributed by atoms with van der Waals surface area (Å²) in [6.07, 6.45) is 1.08. The number of ether oxygens (including phenoxy) is 1. The summed E-state index contributed by atoms with van der Waals surface area (Å²) in [5.74, 6) is 0.984. The van der Waals surface area contributed by atoms with Crippen LogP contribution in [0.3, 0.4) is 0 Å². The van der Waals surface area contributed by atoms with Crippen LogP contribution in [0.2, 0.25) is 0 Å². The molecule has 4 heteroatoms. The summed E-state index contributed by atoms with van der Waals surface area (Å²) >= 11 is 0. The molecule has 0 bridgehead atoms. The zero-order valence-electron chi connectivity index (χ0n) is 11.0. The Labute approximate surface area is 112 Å². The Balaban J connectivity index is 1.96. The molecule has 2 aromatic rings. The Morgan fingerprint density at radius 3 is 2.68 bits per heavy atom. The molecular weight excluding hydrogens is 240 g/mol. The number of anilines is 1. The highest BCUT2D eigenvalue weighted by molar-refractivity contribution is 5.93. The van der Waals surface area contributed by atoms with Crippen molar-refractivity contribution in [2.45, 2.75) is 20.0 Å². The number of benzene rings is 1. The molecule has 0 aliphatic rings. The van der Waals surface area contributed by atoms with Crippen LogP contribution in [0.1, 0.15) is 12.5 Å². The molecule has 1 aromatic carbocycles. The molecule has 0 fully saturated rings. The van der Waals surface area contributed by atoms with E-state index in [1.165, 1.54) is 0 Å². The summed E-state index contributed by atoms with van der Waals surface area (Å²) < 4.78 is 5.54. The number of nitrogens with one attached hydrogen (secondary N) is 1. The minimum atomic E-state index is -0.579. The largest absolute Gasteiger partial charge is 0.481 e. The van der Waals surface area contributed by atoms with E-state index in [1.807, 2.05) is 49.4 Å². The SMILES string of the molecule is Cc1ccnc(NC(=O)[C@@H](C)Oc2ccccc2)c1. The van der Waals surface area contributed by atoms with Gasteiger partial charge in [-0.1, -0.05) is 18.2 Å². The van der Waals surface area contributed by atoms with Crippen molar-refractivity contribution in [3.63, 3.8) is 0 Å². The van der Waals surface area contributed by atoms with Gasteiger partial charge in [-0.3, -0.25) is 4.79 Å². The maximum absolute atomic E-state index is 12.0. The summed E-state index contributed by atoms with van der Waals surface area (Å²) in [5.41, 5.74) is 1.04. The number of para-hydroxylation sites is 1. The Kier molecular flexibility index (Phi) is 4.13. The van der Waals surface area contributed by atoms with Gasteiger partial charge in [0.1, 0.15) is 11.6 Å². The summed E-state index contributed by atoms with van der Waals surface area (Å²) in [6.45, 7) is 3.65. The third-order valence-corrected chi connectivity index (χ3v) is 2.59. The highest BCUT2D eigenvalue weighted by Crippen LogP contribution is 2.12. The van der Waals surface area contributed by atoms with Crippen LogP contribution in [-0.4, -0.2) is 17.0 Å². The van der Waals surface area contributed by atoms with Gasteiger partial charge in [0.2, 0.25) is 0 Å². The summed E-state index contributed by atoms with van der Waals surface area (Å²) in [5, 5.41) is 2.73. The molecule has 0 unspecified atom stereocenters. The molecule has 0 saturated heterocycles. The van der Waals surface area contributed by atoms with Crippen molar-refractivity contribution < 1.29 is 9.53 Å². The second kappa shape index (κ2) is 6.00.